The van der Waals surface area contributed by atoms with Gasteiger partial charge >= 0.3 is 0 Å². The molecule has 0 amide bonds. The summed E-state index contributed by atoms with van der Waals surface area (Å²) >= 11 is 0. The van der Waals surface area contributed by atoms with Crippen LogP contribution in [-0.4, -0.2) is 21.6 Å². The van der Waals surface area contributed by atoms with Crippen LogP contribution >= 0.6 is 0 Å². The van der Waals surface area contributed by atoms with Crippen LogP contribution in [0.25, 0.3) is 0 Å². The first-order valence-corrected chi connectivity index (χ1v) is 8.59. The van der Waals surface area contributed by atoms with Gasteiger partial charge in [-0.1, -0.05) is 38.8 Å². The largest absolute Gasteiger partial charge is 0.495 e. The number of nitrogens with one attached hydrogen (secondary N) is 1. The van der Waals surface area contributed by atoms with Crippen LogP contribution in [0, 0.1) is 11.8 Å². The van der Waals surface area contributed by atoms with E-state index in [2.05, 4.69) is 18.6 Å². The molecule has 0 aliphatic heterocycles. The lowest BCUT2D eigenvalue weighted by Gasteiger charge is -2.34. The Morgan fingerprint density at radius 1 is 1.20 bits per heavy atom. The topological polar surface area (TPSA) is 55.4 Å². The maximum atomic E-state index is 12.5. The van der Waals surface area contributed by atoms with Crippen molar-refractivity contribution in [2.45, 2.75) is 44.0 Å². The van der Waals surface area contributed by atoms with Crippen LogP contribution in [0.3, 0.4) is 0 Å². The van der Waals surface area contributed by atoms with Gasteiger partial charge in [0.2, 0.25) is 10.0 Å². The summed E-state index contributed by atoms with van der Waals surface area (Å²) in [6.07, 6.45) is 3.15. The molecule has 4 nitrogen and oxygen atoms in total. The average Bonchev–Trinajstić information content (AvgIpc) is 2.43. The van der Waals surface area contributed by atoms with Gasteiger partial charge in [0, 0.05) is 6.04 Å². The highest BCUT2D eigenvalue weighted by Gasteiger charge is 2.31. The van der Waals surface area contributed by atoms with Crippen LogP contribution in [0.1, 0.15) is 33.1 Å². The second-order valence-electron chi connectivity index (χ2n) is 5.65. The lowest BCUT2D eigenvalue weighted by atomic mass is 9.78. The summed E-state index contributed by atoms with van der Waals surface area (Å²) < 4.78 is 33.1. The molecule has 2 rings (SSSR count). The van der Waals surface area contributed by atoms with E-state index in [1.807, 2.05) is 0 Å². The first kappa shape index (κ1) is 15.3. The fraction of sp³-hybridized carbons (Fsp3) is 0.600. The van der Waals surface area contributed by atoms with Crippen LogP contribution in [0.2, 0.25) is 0 Å². The van der Waals surface area contributed by atoms with Crippen molar-refractivity contribution in [2.75, 3.05) is 7.11 Å². The smallest absolute Gasteiger partial charge is 0.244 e. The normalized spacial score (nSPS) is 27.2. The molecule has 3 atom stereocenters. The van der Waals surface area contributed by atoms with Gasteiger partial charge in [-0.15, -0.1) is 0 Å². The summed E-state index contributed by atoms with van der Waals surface area (Å²) in [7, 11) is -2.05. The number of ether oxygens (including phenoxy) is 1. The summed E-state index contributed by atoms with van der Waals surface area (Å²) in [6.45, 7) is 4.31. The first-order valence-electron chi connectivity index (χ1n) is 7.11. The van der Waals surface area contributed by atoms with Crippen LogP contribution in [0.5, 0.6) is 5.75 Å². The molecular weight excluding hydrogens is 274 g/mol. The van der Waals surface area contributed by atoms with Crippen molar-refractivity contribution < 1.29 is 13.2 Å². The number of benzene rings is 1. The predicted octanol–water partition coefficient (Wildman–Crippen LogP) is 2.80. The minimum atomic E-state index is -3.53. The fourth-order valence-corrected chi connectivity index (χ4v) is 4.38. The minimum Gasteiger partial charge on any atom is -0.495 e. The van der Waals surface area contributed by atoms with E-state index in [-0.39, 0.29) is 10.9 Å². The van der Waals surface area contributed by atoms with Gasteiger partial charge in [-0.3, -0.25) is 0 Å². The Balaban J connectivity index is 2.23. The third-order valence-corrected chi connectivity index (χ3v) is 5.90. The van der Waals surface area contributed by atoms with E-state index in [0.29, 0.717) is 17.6 Å². The van der Waals surface area contributed by atoms with E-state index in [1.54, 1.807) is 24.3 Å². The van der Waals surface area contributed by atoms with Crippen molar-refractivity contribution >= 4 is 10.0 Å². The van der Waals surface area contributed by atoms with Gasteiger partial charge in [-0.05, 0) is 30.4 Å². The minimum absolute atomic E-state index is 0.00802. The second-order valence-corrected chi connectivity index (χ2v) is 7.33. The fourth-order valence-electron chi connectivity index (χ4n) is 2.85. The standard InChI is InChI=1S/C15H23NO3S/c1-11-7-6-8-13(12(11)2)16-20(17,18)15-10-5-4-9-14(15)19-3/h4-5,9-13,16H,6-8H2,1-3H3. The molecule has 0 aromatic heterocycles. The monoisotopic (exact) mass is 297 g/mol. The molecule has 0 heterocycles. The van der Waals surface area contributed by atoms with E-state index < -0.39 is 10.0 Å². The molecule has 112 valence electrons. The molecule has 0 saturated heterocycles. The Morgan fingerprint density at radius 2 is 1.90 bits per heavy atom. The Labute approximate surface area is 121 Å². The molecule has 1 aromatic rings. The molecule has 0 bridgehead atoms. The Bertz CT molecular complexity index is 556. The van der Waals surface area contributed by atoms with E-state index in [1.165, 1.54) is 13.5 Å². The molecule has 0 spiro atoms. The predicted molar refractivity (Wildman–Crippen MR) is 79.3 cm³/mol. The number of hydrogen-bond acceptors (Lipinski definition) is 3. The maximum absolute atomic E-state index is 12.5. The molecule has 3 unspecified atom stereocenters. The zero-order chi connectivity index (χ0) is 14.8. The molecule has 1 aliphatic carbocycles. The maximum Gasteiger partial charge on any atom is 0.244 e. The molecule has 1 saturated carbocycles. The third kappa shape index (κ3) is 3.15. The summed E-state index contributed by atoms with van der Waals surface area (Å²) in [6, 6.07) is 6.74. The number of methoxy groups -OCH3 is 1. The molecule has 1 N–H and O–H groups in total. The van der Waals surface area contributed by atoms with Crippen molar-refractivity contribution in [3.05, 3.63) is 24.3 Å². The molecule has 1 aliphatic rings. The molecule has 1 fully saturated rings. The van der Waals surface area contributed by atoms with Gasteiger partial charge in [0.05, 0.1) is 7.11 Å². The van der Waals surface area contributed by atoms with Gasteiger partial charge in [0.15, 0.2) is 0 Å². The van der Waals surface area contributed by atoms with E-state index in [0.717, 1.165) is 12.8 Å². The van der Waals surface area contributed by atoms with Gasteiger partial charge in [0.25, 0.3) is 0 Å². The highest BCUT2D eigenvalue weighted by molar-refractivity contribution is 7.89. The van der Waals surface area contributed by atoms with Crippen molar-refractivity contribution in [1.29, 1.82) is 0 Å². The third-order valence-electron chi connectivity index (χ3n) is 4.37. The quantitative estimate of drug-likeness (QED) is 0.929. The van der Waals surface area contributed by atoms with Gasteiger partial charge in [-0.2, -0.15) is 0 Å². The second kappa shape index (κ2) is 6.14. The van der Waals surface area contributed by atoms with E-state index in [4.69, 9.17) is 4.74 Å². The van der Waals surface area contributed by atoms with Gasteiger partial charge in [0.1, 0.15) is 10.6 Å². The van der Waals surface area contributed by atoms with Crippen molar-refractivity contribution in [3.8, 4) is 5.75 Å². The number of sulfonamides is 1. The first-order chi connectivity index (χ1) is 9.45. The van der Waals surface area contributed by atoms with Gasteiger partial charge in [-0.25, -0.2) is 13.1 Å². The summed E-state index contributed by atoms with van der Waals surface area (Å²) in [5.74, 6) is 1.29. The Hall–Kier alpha value is -1.07. The average molecular weight is 297 g/mol. The van der Waals surface area contributed by atoms with Crippen molar-refractivity contribution in [3.63, 3.8) is 0 Å². The van der Waals surface area contributed by atoms with Crippen LogP contribution in [0.4, 0.5) is 0 Å². The van der Waals surface area contributed by atoms with Crippen LogP contribution < -0.4 is 9.46 Å². The highest BCUT2D eigenvalue weighted by Crippen LogP contribution is 2.31. The molecule has 20 heavy (non-hydrogen) atoms. The SMILES string of the molecule is COc1ccccc1S(=O)(=O)NC1CCCC(C)C1C. The molecule has 1 aromatic carbocycles. The van der Waals surface area contributed by atoms with Crippen molar-refractivity contribution in [1.82, 2.24) is 4.72 Å². The zero-order valence-corrected chi connectivity index (χ0v) is 13.1. The van der Waals surface area contributed by atoms with Gasteiger partial charge < -0.3 is 4.74 Å². The Kier molecular flexibility index (Phi) is 4.70. The zero-order valence-electron chi connectivity index (χ0n) is 12.3. The summed E-state index contributed by atoms with van der Waals surface area (Å²) in [5, 5.41) is 0. The summed E-state index contributed by atoms with van der Waals surface area (Å²) in [5.41, 5.74) is 0. The van der Waals surface area contributed by atoms with E-state index >= 15 is 0 Å². The van der Waals surface area contributed by atoms with Crippen LogP contribution in [-0.2, 0) is 10.0 Å². The molecule has 0 radical (unpaired) electrons. The number of para-hydroxylation sites is 1. The van der Waals surface area contributed by atoms with E-state index in [9.17, 15) is 8.42 Å². The Morgan fingerprint density at radius 3 is 2.60 bits per heavy atom. The molecular formula is C15H23NO3S. The highest BCUT2D eigenvalue weighted by atomic mass is 32.2. The lowest BCUT2D eigenvalue weighted by Crippen LogP contribution is -2.43. The summed E-state index contributed by atoms with van der Waals surface area (Å²) in [4.78, 5) is 0.216. The van der Waals surface area contributed by atoms with Crippen molar-refractivity contribution in [2.24, 2.45) is 11.8 Å². The number of rotatable bonds is 4. The molecule has 5 heteroatoms. The number of hydrogen-bond donors (Lipinski definition) is 1. The lowest BCUT2D eigenvalue weighted by molar-refractivity contribution is 0.227. The van der Waals surface area contributed by atoms with Crippen LogP contribution in [0.15, 0.2) is 29.2 Å².